The Labute approximate surface area is 161 Å². The number of carbonyl (C=O) groups excluding carboxylic acids is 2. The highest BCUT2D eigenvalue weighted by molar-refractivity contribution is 5.97. The molecule has 7 heteroatoms. The highest BCUT2D eigenvalue weighted by Crippen LogP contribution is 2.32. The number of ether oxygens (including phenoxy) is 3. The minimum Gasteiger partial charge on any atom is -0.454 e. The summed E-state index contributed by atoms with van der Waals surface area (Å²) in [5, 5.41) is 3.59. The first-order valence-corrected chi connectivity index (χ1v) is 8.88. The van der Waals surface area contributed by atoms with E-state index in [0.29, 0.717) is 22.6 Å². The van der Waals surface area contributed by atoms with Gasteiger partial charge in [0.05, 0.1) is 0 Å². The van der Waals surface area contributed by atoms with Crippen molar-refractivity contribution < 1.29 is 28.2 Å². The molecule has 1 N–H and O–H groups in total. The van der Waals surface area contributed by atoms with E-state index in [1.165, 1.54) is 6.92 Å². The lowest BCUT2D eigenvalue weighted by atomic mass is 10.1. The zero-order chi connectivity index (χ0) is 19.7. The van der Waals surface area contributed by atoms with Gasteiger partial charge < -0.3 is 23.9 Å². The van der Waals surface area contributed by atoms with E-state index in [9.17, 15) is 9.59 Å². The lowest BCUT2D eigenvalue weighted by molar-refractivity contribution is -0.129. The highest BCUT2D eigenvalue weighted by atomic mass is 16.7. The molecule has 0 bridgehead atoms. The molecule has 1 aliphatic rings. The average molecular weight is 381 g/mol. The van der Waals surface area contributed by atoms with Crippen LogP contribution in [-0.4, -0.2) is 24.8 Å². The van der Waals surface area contributed by atoms with Crippen LogP contribution in [0, 0.1) is 6.92 Å². The van der Waals surface area contributed by atoms with Gasteiger partial charge in [-0.05, 0) is 37.6 Å². The van der Waals surface area contributed by atoms with E-state index < -0.39 is 18.0 Å². The van der Waals surface area contributed by atoms with Crippen molar-refractivity contribution in [1.82, 2.24) is 5.32 Å². The number of carbonyl (C=O) groups is 2. The maximum atomic E-state index is 12.4. The first-order chi connectivity index (χ1) is 13.5. The molecule has 0 saturated carbocycles. The summed E-state index contributed by atoms with van der Waals surface area (Å²) < 4.78 is 21.4. The molecule has 2 aromatic carbocycles. The van der Waals surface area contributed by atoms with Crippen LogP contribution in [-0.2, 0) is 16.1 Å². The number of hydrogen-bond donors (Lipinski definition) is 1. The van der Waals surface area contributed by atoms with Gasteiger partial charge in [0.15, 0.2) is 17.6 Å². The number of para-hydroxylation sites is 1. The Hall–Kier alpha value is -3.48. The predicted octanol–water partition coefficient (Wildman–Crippen LogP) is 3.33. The van der Waals surface area contributed by atoms with Gasteiger partial charge in [-0.2, -0.15) is 0 Å². The van der Waals surface area contributed by atoms with Crippen molar-refractivity contribution in [2.75, 3.05) is 6.79 Å². The minimum atomic E-state index is -0.964. The number of furan rings is 1. The van der Waals surface area contributed by atoms with Gasteiger partial charge in [0.2, 0.25) is 12.6 Å². The van der Waals surface area contributed by atoms with Crippen molar-refractivity contribution >= 4 is 22.8 Å². The van der Waals surface area contributed by atoms with Crippen LogP contribution >= 0.6 is 0 Å². The fourth-order valence-corrected chi connectivity index (χ4v) is 3.02. The summed E-state index contributed by atoms with van der Waals surface area (Å²) in [6.45, 7) is 3.78. The minimum absolute atomic E-state index is 0.108. The molecule has 0 unspecified atom stereocenters. The van der Waals surface area contributed by atoms with E-state index in [1.54, 1.807) is 25.1 Å². The molecule has 0 fully saturated rings. The van der Waals surface area contributed by atoms with Crippen molar-refractivity contribution in [2.24, 2.45) is 0 Å². The molecule has 0 spiro atoms. The molecule has 2 heterocycles. The Balaban J connectivity index is 1.37. The second-order valence-electron chi connectivity index (χ2n) is 6.51. The van der Waals surface area contributed by atoms with Gasteiger partial charge in [-0.3, -0.25) is 4.79 Å². The molecule has 1 atom stereocenters. The molecule has 3 aromatic rings. The zero-order valence-corrected chi connectivity index (χ0v) is 15.5. The second-order valence-corrected chi connectivity index (χ2v) is 6.51. The number of esters is 1. The third-order valence-electron chi connectivity index (χ3n) is 4.59. The number of fused-ring (bicyclic) bond motifs is 2. The van der Waals surface area contributed by atoms with Gasteiger partial charge >= 0.3 is 5.97 Å². The second kappa shape index (κ2) is 7.26. The summed E-state index contributed by atoms with van der Waals surface area (Å²) in [5.74, 6) is 0.362. The van der Waals surface area contributed by atoms with Crippen LogP contribution in [0.2, 0.25) is 0 Å². The Bertz CT molecular complexity index is 1050. The molecule has 28 heavy (non-hydrogen) atoms. The largest absolute Gasteiger partial charge is 0.454 e. The topological polar surface area (TPSA) is 87.0 Å². The smallest absolute Gasteiger partial charge is 0.375 e. The van der Waals surface area contributed by atoms with E-state index in [1.807, 2.05) is 24.3 Å². The predicted molar refractivity (Wildman–Crippen MR) is 100 cm³/mol. The number of benzene rings is 2. The molecular formula is C21H19NO6. The van der Waals surface area contributed by atoms with E-state index >= 15 is 0 Å². The molecule has 144 valence electrons. The fraction of sp³-hybridized carbons (Fsp3) is 0.238. The SMILES string of the molecule is Cc1c(C(=O)O[C@@H](C)C(=O)NCc2ccc3c(c2)OCO3)oc2ccccc12. The van der Waals surface area contributed by atoms with Crippen molar-refractivity contribution in [2.45, 2.75) is 26.5 Å². The Morgan fingerprint density at radius 3 is 2.75 bits per heavy atom. The van der Waals surface area contributed by atoms with Gasteiger partial charge in [0.1, 0.15) is 5.58 Å². The van der Waals surface area contributed by atoms with Crippen molar-refractivity contribution in [3.8, 4) is 11.5 Å². The summed E-state index contributed by atoms with van der Waals surface area (Å²) in [6, 6.07) is 12.8. The van der Waals surface area contributed by atoms with Crippen LogP contribution in [0.15, 0.2) is 46.9 Å². The van der Waals surface area contributed by atoms with Gasteiger partial charge in [0, 0.05) is 17.5 Å². The third-order valence-corrected chi connectivity index (χ3v) is 4.59. The molecule has 1 aromatic heterocycles. The highest BCUT2D eigenvalue weighted by Gasteiger charge is 2.24. The Morgan fingerprint density at radius 2 is 1.93 bits per heavy atom. The van der Waals surface area contributed by atoms with Crippen molar-refractivity contribution in [1.29, 1.82) is 0 Å². The van der Waals surface area contributed by atoms with Crippen LogP contribution < -0.4 is 14.8 Å². The summed E-state index contributed by atoms with van der Waals surface area (Å²) >= 11 is 0. The maximum absolute atomic E-state index is 12.4. The van der Waals surface area contributed by atoms with Gasteiger partial charge in [-0.15, -0.1) is 0 Å². The molecule has 1 amide bonds. The quantitative estimate of drug-likeness (QED) is 0.682. The van der Waals surface area contributed by atoms with Crippen LogP contribution in [0.4, 0.5) is 0 Å². The summed E-state index contributed by atoms with van der Waals surface area (Å²) in [5.41, 5.74) is 2.14. The van der Waals surface area contributed by atoms with Crippen LogP contribution in [0.25, 0.3) is 11.0 Å². The number of amides is 1. The van der Waals surface area contributed by atoms with E-state index in [2.05, 4.69) is 5.32 Å². The van der Waals surface area contributed by atoms with Gasteiger partial charge in [0.25, 0.3) is 5.91 Å². The van der Waals surface area contributed by atoms with E-state index in [4.69, 9.17) is 18.6 Å². The molecular weight excluding hydrogens is 362 g/mol. The third kappa shape index (κ3) is 3.38. The molecule has 7 nitrogen and oxygen atoms in total. The number of aryl methyl sites for hydroxylation is 1. The standard InChI is InChI=1S/C21H19NO6/c1-12-15-5-3-4-6-16(15)28-19(12)21(24)27-13(2)20(23)22-10-14-7-8-17-18(9-14)26-11-25-17/h3-9,13H,10-11H2,1-2H3,(H,22,23)/t13-/m0/s1. The number of hydrogen-bond acceptors (Lipinski definition) is 6. The molecule has 0 saturated heterocycles. The van der Waals surface area contributed by atoms with Crippen LogP contribution in [0.1, 0.15) is 28.6 Å². The molecule has 4 rings (SSSR count). The Morgan fingerprint density at radius 1 is 1.14 bits per heavy atom. The average Bonchev–Trinajstić information content (AvgIpc) is 3.30. The fourth-order valence-electron chi connectivity index (χ4n) is 3.02. The molecule has 1 aliphatic heterocycles. The zero-order valence-electron chi connectivity index (χ0n) is 15.5. The van der Waals surface area contributed by atoms with Gasteiger partial charge in [-0.25, -0.2) is 4.79 Å². The van der Waals surface area contributed by atoms with E-state index in [0.717, 1.165) is 10.9 Å². The first kappa shape index (κ1) is 17.9. The number of nitrogens with one attached hydrogen (secondary N) is 1. The summed E-state index contributed by atoms with van der Waals surface area (Å²) in [6.07, 6.45) is -0.964. The van der Waals surface area contributed by atoms with E-state index in [-0.39, 0.29) is 19.1 Å². The lowest BCUT2D eigenvalue weighted by Gasteiger charge is -2.13. The lowest BCUT2D eigenvalue weighted by Crippen LogP contribution is -2.35. The van der Waals surface area contributed by atoms with Crippen molar-refractivity contribution in [3.63, 3.8) is 0 Å². The normalized spacial score (nSPS) is 13.4. The van der Waals surface area contributed by atoms with Crippen LogP contribution in [0.5, 0.6) is 11.5 Å². The Kier molecular flexibility index (Phi) is 4.65. The number of rotatable bonds is 5. The molecule has 0 aliphatic carbocycles. The maximum Gasteiger partial charge on any atom is 0.375 e. The monoisotopic (exact) mass is 381 g/mol. The van der Waals surface area contributed by atoms with Crippen LogP contribution in [0.3, 0.4) is 0 Å². The molecule has 0 radical (unpaired) electrons. The van der Waals surface area contributed by atoms with Crippen molar-refractivity contribution in [3.05, 3.63) is 59.4 Å². The van der Waals surface area contributed by atoms with Gasteiger partial charge in [-0.1, -0.05) is 24.3 Å². The summed E-state index contributed by atoms with van der Waals surface area (Å²) in [7, 11) is 0. The summed E-state index contributed by atoms with van der Waals surface area (Å²) in [4.78, 5) is 24.7. The first-order valence-electron chi connectivity index (χ1n) is 8.88.